The van der Waals surface area contributed by atoms with Gasteiger partial charge in [-0.3, -0.25) is 9.59 Å². The zero-order chi connectivity index (χ0) is 17.4. The Morgan fingerprint density at radius 1 is 0.958 bits per heavy atom. The molecule has 2 rings (SSSR count). The highest BCUT2D eigenvalue weighted by atomic mass is 16.6. The zero-order valence-electron chi connectivity index (χ0n) is 13.7. The molecule has 0 spiro atoms. The summed E-state index contributed by atoms with van der Waals surface area (Å²) in [6.07, 6.45) is 2.86. The van der Waals surface area contributed by atoms with Gasteiger partial charge in [0.1, 0.15) is 6.61 Å². The minimum Gasteiger partial charge on any atom is -0.466 e. The summed E-state index contributed by atoms with van der Waals surface area (Å²) < 4.78 is 14.8. The van der Waals surface area contributed by atoms with Gasteiger partial charge in [-0.05, 0) is 18.4 Å². The summed E-state index contributed by atoms with van der Waals surface area (Å²) >= 11 is 0. The maximum atomic E-state index is 12.4. The Labute approximate surface area is 141 Å². The molecule has 130 valence electrons. The van der Waals surface area contributed by atoms with Crippen LogP contribution in [0.3, 0.4) is 0 Å². The highest BCUT2D eigenvalue weighted by molar-refractivity contribution is 5.83. The highest BCUT2D eigenvalue weighted by Gasteiger charge is 2.38. The van der Waals surface area contributed by atoms with Crippen molar-refractivity contribution in [2.24, 2.45) is 11.8 Å². The molecule has 0 radical (unpaired) electrons. The lowest BCUT2D eigenvalue weighted by molar-refractivity contribution is -0.167. The average molecular weight is 334 g/mol. The van der Waals surface area contributed by atoms with Gasteiger partial charge in [0.15, 0.2) is 6.61 Å². The summed E-state index contributed by atoms with van der Waals surface area (Å²) in [4.78, 5) is 35.6. The van der Waals surface area contributed by atoms with E-state index in [1.54, 1.807) is 0 Å². The molecule has 0 heterocycles. The van der Waals surface area contributed by atoms with Gasteiger partial charge in [-0.15, -0.1) is 0 Å². The van der Waals surface area contributed by atoms with Crippen molar-refractivity contribution in [1.29, 1.82) is 0 Å². The maximum Gasteiger partial charge on any atom is 0.344 e. The molecule has 6 heteroatoms. The van der Waals surface area contributed by atoms with Crippen LogP contribution in [-0.4, -0.2) is 31.6 Å². The summed E-state index contributed by atoms with van der Waals surface area (Å²) in [5.41, 5.74) is 0.895. The van der Waals surface area contributed by atoms with Gasteiger partial charge in [0.25, 0.3) is 0 Å². The van der Waals surface area contributed by atoms with E-state index in [4.69, 9.17) is 9.47 Å². The second kappa shape index (κ2) is 9.05. The van der Waals surface area contributed by atoms with E-state index in [0.717, 1.165) is 18.4 Å². The van der Waals surface area contributed by atoms with Gasteiger partial charge in [0, 0.05) is 0 Å². The second-order valence-corrected chi connectivity index (χ2v) is 5.77. The van der Waals surface area contributed by atoms with Crippen LogP contribution in [0.4, 0.5) is 0 Å². The van der Waals surface area contributed by atoms with E-state index >= 15 is 0 Å². The number of hydrogen-bond acceptors (Lipinski definition) is 6. The third kappa shape index (κ3) is 5.08. The number of ether oxygens (including phenoxy) is 3. The summed E-state index contributed by atoms with van der Waals surface area (Å²) in [7, 11) is 1.22. The van der Waals surface area contributed by atoms with Crippen LogP contribution >= 0.6 is 0 Å². The number of esters is 3. The van der Waals surface area contributed by atoms with E-state index < -0.39 is 36.4 Å². The van der Waals surface area contributed by atoms with Crippen LogP contribution in [0.15, 0.2) is 30.3 Å². The topological polar surface area (TPSA) is 78.9 Å². The number of rotatable bonds is 6. The molecule has 0 saturated heterocycles. The van der Waals surface area contributed by atoms with Crippen LogP contribution in [0, 0.1) is 11.8 Å². The molecule has 0 aromatic heterocycles. The standard InChI is InChI=1S/C18H22O6/c1-22-16(19)12-24-18(21)15-10-6-5-9-14(15)17(20)23-11-13-7-3-2-4-8-13/h2-4,7-8,14-15H,5-6,9-12H2,1H3/t14-,15+/m0/s1. The molecular weight excluding hydrogens is 312 g/mol. The number of benzene rings is 1. The Bertz CT molecular complexity index is 568. The average Bonchev–Trinajstić information content (AvgIpc) is 2.64. The third-order valence-corrected chi connectivity index (χ3v) is 4.16. The van der Waals surface area contributed by atoms with Crippen molar-refractivity contribution in [2.45, 2.75) is 32.3 Å². The maximum absolute atomic E-state index is 12.4. The van der Waals surface area contributed by atoms with Crippen molar-refractivity contribution in [3.8, 4) is 0 Å². The van der Waals surface area contributed by atoms with Gasteiger partial charge in [-0.2, -0.15) is 0 Å². The minimum absolute atomic E-state index is 0.181. The molecule has 2 atom stereocenters. The zero-order valence-corrected chi connectivity index (χ0v) is 13.7. The van der Waals surface area contributed by atoms with Crippen molar-refractivity contribution in [2.75, 3.05) is 13.7 Å². The number of carbonyl (C=O) groups is 3. The lowest BCUT2D eigenvalue weighted by atomic mass is 9.79. The number of carbonyl (C=O) groups excluding carboxylic acids is 3. The quantitative estimate of drug-likeness (QED) is 0.586. The van der Waals surface area contributed by atoms with E-state index in [1.165, 1.54) is 7.11 Å². The first-order valence-corrected chi connectivity index (χ1v) is 8.06. The van der Waals surface area contributed by atoms with Crippen LogP contribution in [0.2, 0.25) is 0 Å². The molecule has 1 fully saturated rings. The second-order valence-electron chi connectivity index (χ2n) is 5.77. The third-order valence-electron chi connectivity index (χ3n) is 4.16. The van der Waals surface area contributed by atoms with Gasteiger partial charge >= 0.3 is 17.9 Å². The molecule has 0 unspecified atom stereocenters. The van der Waals surface area contributed by atoms with E-state index in [-0.39, 0.29) is 6.61 Å². The largest absolute Gasteiger partial charge is 0.466 e. The molecule has 6 nitrogen and oxygen atoms in total. The number of methoxy groups -OCH3 is 1. The van der Waals surface area contributed by atoms with Gasteiger partial charge in [0.05, 0.1) is 18.9 Å². The molecule has 0 bridgehead atoms. The number of hydrogen-bond donors (Lipinski definition) is 0. The first-order chi connectivity index (χ1) is 11.6. The molecular formula is C18H22O6. The molecule has 1 aromatic carbocycles. The van der Waals surface area contributed by atoms with Gasteiger partial charge in [-0.1, -0.05) is 43.2 Å². The predicted octanol–water partition coefficient (Wildman–Crippen LogP) is 2.25. The monoisotopic (exact) mass is 334 g/mol. The summed E-state index contributed by atoms with van der Waals surface area (Å²) in [6, 6.07) is 9.37. The van der Waals surface area contributed by atoms with Crippen molar-refractivity contribution in [3.05, 3.63) is 35.9 Å². The van der Waals surface area contributed by atoms with Crippen LogP contribution < -0.4 is 0 Å². The highest BCUT2D eigenvalue weighted by Crippen LogP contribution is 2.32. The van der Waals surface area contributed by atoms with Crippen molar-refractivity contribution in [1.82, 2.24) is 0 Å². The van der Waals surface area contributed by atoms with E-state index in [0.29, 0.717) is 12.8 Å². The van der Waals surface area contributed by atoms with Crippen molar-refractivity contribution < 1.29 is 28.6 Å². The lowest BCUT2D eigenvalue weighted by Gasteiger charge is -2.28. The summed E-state index contributed by atoms with van der Waals surface area (Å²) in [5.74, 6) is -2.64. The lowest BCUT2D eigenvalue weighted by Crippen LogP contribution is -2.35. The predicted molar refractivity (Wildman–Crippen MR) is 84.7 cm³/mol. The Hall–Kier alpha value is -2.37. The molecule has 1 saturated carbocycles. The molecule has 1 aliphatic rings. The van der Waals surface area contributed by atoms with E-state index in [9.17, 15) is 14.4 Å². The molecule has 0 N–H and O–H groups in total. The smallest absolute Gasteiger partial charge is 0.344 e. The molecule has 24 heavy (non-hydrogen) atoms. The molecule has 1 aliphatic carbocycles. The minimum atomic E-state index is -0.623. The Kier molecular flexibility index (Phi) is 6.78. The normalized spacial score (nSPS) is 20.0. The Morgan fingerprint density at radius 3 is 2.12 bits per heavy atom. The van der Waals surface area contributed by atoms with Crippen molar-refractivity contribution in [3.63, 3.8) is 0 Å². The Balaban J connectivity index is 1.91. The van der Waals surface area contributed by atoms with Crippen LogP contribution in [0.1, 0.15) is 31.2 Å². The summed E-state index contributed by atoms with van der Waals surface area (Å²) in [5, 5.41) is 0. The summed E-state index contributed by atoms with van der Waals surface area (Å²) in [6.45, 7) is -0.252. The molecule has 0 aliphatic heterocycles. The van der Waals surface area contributed by atoms with E-state index in [1.807, 2.05) is 30.3 Å². The van der Waals surface area contributed by atoms with Gasteiger partial charge in [0.2, 0.25) is 0 Å². The molecule has 1 aromatic rings. The van der Waals surface area contributed by atoms with Crippen LogP contribution in [0.25, 0.3) is 0 Å². The fourth-order valence-electron chi connectivity index (χ4n) is 2.83. The molecule has 0 amide bonds. The van der Waals surface area contributed by atoms with E-state index in [2.05, 4.69) is 4.74 Å². The first kappa shape index (κ1) is 18.0. The fraction of sp³-hybridized carbons (Fsp3) is 0.500. The van der Waals surface area contributed by atoms with Crippen molar-refractivity contribution >= 4 is 17.9 Å². The first-order valence-electron chi connectivity index (χ1n) is 8.06. The van der Waals surface area contributed by atoms with Gasteiger partial charge in [-0.25, -0.2) is 4.79 Å². The van der Waals surface area contributed by atoms with Crippen LogP contribution in [0.5, 0.6) is 0 Å². The van der Waals surface area contributed by atoms with Crippen LogP contribution in [-0.2, 0) is 35.2 Å². The SMILES string of the molecule is COC(=O)COC(=O)[C@@H]1CCCC[C@@H]1C(=O)OCc1ccccc1. The van der Waals surface area contributed by atoms with Gasteiger partial charge < -0.3 is 14.2 Å². The Morgan fingerprint density at radius 2 is 1.54 bits per heavy atom. The fourth-order valence-corrected chi connectivity index (χ4v) is 2.83.